The highest BCUT2D eigenvalue weighted by Gasteiger charge is 2.63. The average molecular weight is 406 g/mol. The maximum absolute atomic E-state index is 12.5. The Labute approximate surface area is 155 Å². The molecular formula is C12H24N9O5S-. The summed E-state index contributed by atoms with van der Waals surface area (Å²) in [6, 6.07) is 4.40. The van der Waals surface area contributed by atoms with Gasteiger partial charge in [-0.1, -0.05) is 12.1 Å². The average Bonchev–Trinajstić information content (AvgIpc) is 2.53. The van der Waals surface area contributed by atoms with E-state index < -0.39 is 55.9 Å². The molecule has 1 aromatic rings. The molecule has 0 fully saturated rings. The minimum Gasteiger partial charge on any atom is -0.744 e. The first-order valence-electron chi connectivity index (χ1n) is 7.22. The van der Waals surface area contributed by atoms with Crippen LogP contribution in [0.2, 0.25) is 0 Å². The number of ether oxygens (including phenoxy) is 1. The molecule has 0 aliphatic carbocycles. The smallest absolute Gasteiger partial charge is 0.349 e. The third-order valence-corrected chi connectivity index (χ3v) is 5.01. The summed E-state index contributed by atoms with van der Waals surface area (Å²) in [4.78, 5) is 11.6. The van der Waals surface area contributed by atoms with Crippen LogP contribution in [-0.4, -0.2) is 48.1 Å². The van der Waals surface area contributed by atoms with Gasteiger partial charge in [-0.15, -0.1) is 0 Å². The van der Waals surface area contributed by atoms with Gasteiger partial charge in [-0.05, 0) is 12.1 Å². The van der Waals surface area contributed by atoms with Crippen molar-refractivity contribution >= 4 is 16.1 Å². The Kier molecular flexibility index (Phi) is 6.04. The molecule has 0 aromatic heterocycles. The summed E-state index contributed by atoms with van der Waals surface area (Å²) >= 11 is 0. The molecule has 0 amide bonds. The zero-order valence-corrected chi connectivity index (χ0v) is 15.0. The number of nitrogens with two attached hydrogens (primary N) is 9. The van der Waals surface area contributed by atoms with Gasteiger partial charge in [0.1, 0.15) is 32.9 Å². The van der Waals surface area contributed by atoms with Gasteiger partial charge >= 0.3 is 5.97 Å². The summed E-state index contributed by atoms with van der Waals surface area (Å²) in [5, 5.41) is 0. The molecule has 1 aromatic carbocycles. The fourth-order valence-corrected chi connectivity index (χ4v) is 2.59. The molecule has 15 heteroatoms. The molecule has 0 unspecified atom stereocenters. The van der Waals surface area contributed by atoms with Crippen LogP contribution >= 0.6 is 0 Å². The SMILES string of the molecule is NCC(N)(N)C(N)(N)C(N)(N)C(N)(N)C(=O)Oc1ccccc1S(=O)(=O)[O-]. The summed E-state index contributed by atoms with van der Waals surface area (Å²) in [6.45, 7) is -0.529. The van der Waals surface area contributed by atoms with Gasteiger partial charge < -0.3 is 60.9 Å². The summed E-state index contributed by atoms with van der Waals surface area (Å²) in [5.41, 5.74) is 41.1. The zero-order chi connectivity index (χ0) is 21.5. The highest BCUT2D eigenvalue weighted by molar-refractivity contribution is 7.85. The van der Waals surface area contributed by atoms with Crippen molar-refractivity contribution in [2.24, 2.45) is 51.6 Å². The highest BCUT2D eigenvalue weighted by atomic mass is 32.2. The summed E-state index contributed by atoms with van der Waals surface area (Å²) < 4.78 is 38.6. The summed E-state index contributed by atoms with van der Waals surface area (Å²) in [7, 11) is -4.99. The normalized spacial score (nSPS) is 14.1. The van der Waals surface area contributed by atoms with E-state index in [9.17, 15) is 17.8 Å². The number of carbonyl (C=O) groups excluding carboxylic acids is 1. The lowest BCUT2D eigenvalue weighted by Gasteiger charge is -2.53. The number of hydrogen-bond donors (Lipinski definition) is 9. The number of carbonyl (C=O) groups is 1. The van der Waals surface area contributed by atoms with Crippen molar-refractivity contribution in [3.63, 3.8) is 0 Å². The van der Waals surface area contributed by atoms with E-state index in [0.717, 1.165) is 12.1 Å². The van der Waals surface area contributed by atoms with E-state index in [-0.39, 0.29) is 0 Å². The van der Waals surface area contributed by atoms with Crippen LogP contribution in [0.5, 0.6) is 5.75 Å². The first-order chi connectivity index (χ1) is 11.9. The maximum atomic E-state index is 12.5. The first-order valence-corrected chi connectivity index (χ1v) is 8.62. The lowest BCUT2D eigenvalue weighted by molar-refractivity contribution is -0.145. The quantitative estimate of drug-likeness (QED) is 0.0880. The van der Waals surface area contributed by atoms with E-state index in [4.69, 9.17) is 56.3 Å². The molecule has 0 atom stereocenters. The van der Waals surface area contributed by atoms with E-state index in [2.05, 4.69) is 0 Å². The number of benzene rings is 1. The van der Waals surface area contributed by atoms with E-state index in [0.29, 0.717) is 0 Å². The fourth-order valence-electron chi connectivity index (χ4n) is 1.99. The van der Waals surface area contributed by atoms with E-state index in [1.54, 1.807) is 0 Å². The molecule has 18 N–H and O–H groups in total. The van der Waals surface area contributed by atoms with Crippen LogP contribution in [0, 0.1) is 0 Å². The molecule has 0 saturated heterocycles. The van der Waals surface area contributed by atoms with Crippen molar-refractivity contribution in [1.29, 1.82) is 0 Å². The van der Waals surface area contributed by atoms with E-state index >= 15 is 0 Å². The second kappa shape index (κ2) is 7.00. The molecular weight excluding hydrogens is 382 g/mol. The van der Waals surface area contributed by atoms with Crippen LogP contribution in [-0.2, 0) is 14.9 Å². The minimum absolute atomic E-state index is 0.529. The molecule has 27 heavy (non-hydrogen) atoms. The zero-order valence-electron chi connectivity index (χ0n) is 14.2. The largest absolute Gasteiger partial charge is 0.744 e. The highest BCUT2D eigenvalue weighted by Crippen LogP contribution is 2.26. The van der Waals surface area contributed by atoms with E-state index in [1.807, 2.05) is 0 Å². The van der Waals surface area contributed by atoms with Crippen LogP contribution in [0.15, 0.2) is 29.2 Å². The first kappa shape index (κ1) is 23.3. The molecule has 0 aliphatic rings. The third-order valence-electron chi connectivity index (χ3n) is 4.14. The van der Waals surface area contributed by atoms with Crippen molar-refractivity contribution in [1.82, 2.24) is 0 Å². The number of hydrogen-bond acceptors (Lipinski definition) is 14. The lowest BCUT2D eigenvalue weighted by atomic mass is 9.76. The number of para-hydroxylation sites is 1. The predicted octanol–water partition coefficient (Wildman–Crippen LogP) is -6.09. The number of esters is 1. The van der Waals surface area contributed by atoms with Crippen molar-refractivity contribution in [3.05, 3.63) is 24.3 Å². The Balaban J connectivity index is 3.35. The molecule has 154 valence electrons. The van der Waals surface area contributed by atoms with Crippen LogP contribution in [0.4, 0.5) is 0 Å². The fraction of sp³-hybridized carbons (Fsp3) is 0.417. The van der Waals surface area contributed by atoms with Crippen molar-refractivity contribution in [2.45, 2.75) is 27.5 Å². The Morgan fingerprint density at radius 1 is 0.963 bits per heavy atom. The maximum Gasteiger partial charge on any atom is 0.349 e. The lowest BCUT2D eigenvalue weighted by Crippen LogP contribution is -2.99. The molecule has 0 radical (unpaired) electrons. The minimum atomic E-state index is -4.99. The number of rotatable bonds is 7. The van der Waals surface area contributed by atoms with Crippen LogP contribution in [0.25, 0.3) is 0 Å². The molecule has 0 heterocycles. The predicted molar refractivity (Wildman–Crippen MR) is 93.5 cm³/mol. The summed E-state index contributed by atoms with van der Waals surface area (Å²) in [6.07, 6.45) is 0. The molecule has 14 nitrogen and oxygen atoms in total. The Bertz CT molecular complexity index is 822. The monoisotopic (exact) mass is 406 g/mol. The van der Waals surface area contributed by atoms with Gasteiger partial charge in [0, 0.05) is 6.54 Å². The van der Waals surface area contributed by atoms with Crippen molar-refractivity contribution < 1.29 is 22.5 Å². The Hall–Kier alpha value is -1.76. The molecule has 1 rings (SSSR count). The summed E-state index contributed by atoms with van der Waals surface area (Å²) in [5.74, 6) is -2.24. The van der Waals surface area contributed by atoms with Gasteiger partial charge in [-0.25, -0.2) is 13.2 Å². The van der Waals surface area contributed by atoms with Crippen molar-refractivity contribution in [3.8, 4) is 5.75 Å². The van der Waals surface area contributed by atoms with Crippen LogP contribution < -0.4 is 56.3 Å². The van der Waals surface area contributed by atoms with Gasteiger partial charge in [-0.2, -0.15) is 0 Å². The van der Waals surface area contributed by atoms with Gasteiger partial charge in [0.05, 0.1) is 4.90 Å². The standard InChI is InChI=1S/C12H25N9O5S/c13-5-9(14,15)11(18,19)12(20,21)10(16,17)8(22)26-6-3-1-2-4-7(6)27(23,24)25/h1-4H,5,13-21H2,(H,23,24,25)/p-1. The van der Waals surface area contributed by atoms with Gasteiger partial charge in [0.15, 0.2) is 5.66 Å². The van der Waals surface area contributed by atoms with E-state index in [1.165, 1.54) is 12.1 Å². The Morgan fingerprint density at radius 2 is 1.44 bits per heavy atom. The molecule has 0 aliphatic heterocycles. The second-order valence-electron chi connectivity index (χ2n) is 6.14. The molecule has 0 bridgehead atoms. The molecule has 0 spiro atoms. The van der Waals surface area contributed by atoms with Crippen molar-refractivity contribution in [2.75, 3.05) is 6.54 Å². The van der Waals surface area contributed by atoms with Crippen LogP contribution in [0.1, 0.15) is 0 Å². The van der Waals surface area contributed by atoms with Crippen LogP contribution in [0.3, 0.4) is 0 Å². The Morgan fingerprint density at radius 3 is 1.89 bits per heavy atom. The second-order valence-corrected chi connectivity index (χ2v) is 7.49. The van der Waals surface area contributed by atoms with Gasteiger partial charge in [-0.3, -0.25) is 0 Å². The molecule has 0 saturated carbocycles. The third kappa shape index (κ3) is 3.93. The van der Waals surface area contributed by atoms with Gasteiger partial charge in [0.25, 0.3) is 0 Å². The van der Waals surface area contributed by atoms with Gasteiger partial charge in [0.2, 0.25) is 0 Å². The topological polar surface area (TPSA) is 318 Å².